The van der Waals surface area contributed by atoms with E-state index in [1.807, 2.05) is 97.2 Å². The molecular formula is C68H130Cl2N8O21S. The zero-order chi connectivity index (χ0) is 80.0. The molecule has 100 heavy (non-hydrogen) atoms. The highest BCUT2D eigenvalue weighted by Gasteiger charge is 2.36. The number of hydrogen-bond donors (Lipinski definition) is 8. The van der Waals surface area contributed by atoms with Gasteiger partial charge in [-0.05, 0) is 190 Å². The first-order chi connectivity index (χ1) is 44.8. The number of rotatable bonds is 24. The van der Waals surface area contributed by atoms with E-state index in [0.29, 0.717) is 43.2 Å². The maximum Gasteiger partial charge on any atom is 0.432 e. The predicted octanol–water partition coefficient (Wildman–Crippen LogP) is 9.52. The van der Waals surface area contributed by atoms with Crippen LogP contribution in [0.4, 0.5) is 9.59 Å². The van der Waals surface area contributed by atoms with Crippen molar-refractivity contribution in [3.63, 3.8) is 0 Å². The molecule has 9 N–H and O–H groups in total. The van der Waals surface area contributed by atoms with Crippen molar-refractivity contribution in [2.75, 3.05) is 33.4 Å². The van der Waals surface area contributed by atoms with Crippen molar-refractivity contribution in [2.45, 2.75) is 309 Å². The van der Waals surface area contributed by atoms with Crippen LogP contribution in [-0.2, 0) is 90.9 Å². The average Bonchev–Trinajstić information content (AvgIpc) is 1.84. The summed E-state index contributed by atoms with van der Waals surface area (Å²) < 4.78 is 27.5. The number of hydroxylamine groups is 2. The number of nitrogens with zero attached hydrogens (tertiary/aromatic N) is 1. The Hall–Kier alpha value is -6.15. The van der Waals surface area contributed by atoms with E-state index in [-0.39, 0.29) is 127 Å². The second kappa shape index (κ2) is 60.4. The number of ether oxygens (including phenoxy) is 4. The Morgan fingerprint density at radius 1 is 0.460 bits per heavy atom. The fourth-order valence-corrected chi connectivity index (χ4v) is 7.49. The molecule has 29 nitrogen and oxygen atoms in total. The number of nitrogens with one attached hydrogen (secondary N) is 5. The number of imide groups is 1. The Labute approximate surface area is 615 Å². The summed E-state index contributed by atoms with van der Waals surface area (Å²) in [6.45, 7) is 48.3. The zero-order valence-corrected chi connectivity index (χ0v) is 67.5. The molecule has 5 atom stereocenters. The van der Waals surface area contributed by atoms with Crippen LogP contribution in [0.15, 0.2) is 0 Å². The monoisotopic (exact) mass is 1500 g/mol. The Bertz CT molecular complexity index is 2360. The minimum atomic E-state index is -0.896. The van der Waals surface area contributed by atoms with E-state index in [9.17, 15) is 38.4 Å². The largest absolute Gasteiger partial charge is 0.460 e. The summed E-state index contributed by atoms with van der Waals surface area (Å²) in [5.41, 5.74) is 9.47. The third-order valence-corrected chi connectivity index (χ3v) is 12.6. The molecule has 0 unspecified atom stereocenters. The summed E-state index contributed by atoms with van der Waals surface area (Å²) in [6.07, 6.45) is 9.82. The van der Waals surface area contributed by atoms with Crippen LogP contribution >= 0.6 is 37.3 Å². The number of amides is 5. The third kappa shape index (κ3) is 79.2. The highest BCUT2D eigenvalue weighted by molar-refractivity contribution is 7.79. The van der Waals surface area contributed by atoms with Gasteiger partial charge in [0.2, 0.25) is 0 Å². The number of nitrogens with two attached hydrogens (primary N) is 2. The fraction of sp³-hybridized carbons (Fsp3) is 0.824. The molecular weight excluding hydrogens is 1370 g/mol. The lowest BCUT2D eigenvalue weighted by Crippen LogP contribution is -2.53. The van der Waals surface area contributed by atoms with Crippen LogP contribution in [0.3, 0.4) is 0 Å². The van der Waals surface area contributed by atoms with Gasteiger partial charge in [0.1, 0.15) is 29.6 Å². The van der Waals surface area contributed by atoms with Crippen molar-refractivity contribution in [3.05, 3.63) is 0 Å². The number of hydrogen-bond acceptors (Lipinski definition) is 26. The van der Waals surface area contributed by atoms with Gasteiger partial charge >= 0.3 is 60.6 Å². The van der Waals surface area contributed by atoms with Gasteiger partial charge < -0.3 is 61.8 Å². The molecule has 588 valence electrons. The maximum absolute atomic E-state index is 12.8. The molecule has 1 fully saturated rings. The van der Waals surface area contributed by atoms with Crippen LogP contribution in [0.2, 0.25) is 0 Å². The average molecular weight is 1500 g/mol. The summed E-state index contributed by atoms with van der Waals surface area (Å²) in [4.78, 5) is 166. The van der Waals surface area contributed by atoms with Crippen LogP contribution in [0.5, 0.6) is 0 Å². The van der Waals surface area contributed by atoms with Crippen LogP contribution in [0, 0.1) is 21.7 Å². The van der Waals surface area contributed by atoms with Gasteiger partial charge in [0.15, 0.2) is 0 Å². The van der Waals surface area contributed by atoms with Crippen LogP contribution in [0.25, 0.3) is 0 Å². The summed E-state index contributed by atoms with van der Waals surface area (Å²) in [7, 11) is 3.87. The van der Waals surface area contributed by atoms with E-state index in [1.165, 1.54) is 12.8 Å². The first-order valence-corrected chi connectivity index (χ1v) is 33.2. The van der Waals surface area contributed by atoms with Gasteiger partial charge in [-0.15, -0.1) is 29.9 Å². The molecule has 0 aliphatic carbocycles. The van der Waals surface area contributed by atoms with Gasteiger partial charge in [-0.3, -0.25) is 24.0 Å². The molecule has 0 aromatic carbocycles. The van der Waals surface area contributed by atoms with E-state index in [4.69, 9.17) is 74.7 Å². The molecule has 32 heteroatoms. The molecule has 1 rings (SSSR count). The van der Waals surface area contributed by atoms with Gasteiger partial charge in [0.25, 0.3) is 11.8 Å². The lowest BCUT2D eigenvalue weighted by atomic mass is 9.84. The SMILES string of the molecule is CC(C)(C)OC(=O)CC[C@H](N)C(C)(C)C.CC(C)(C)OC(=O)CC[C@H](NC(=O)ON1C(=O)CCC1=O)C(C)(C)C.CNCCCC[C@H](N)C(C)(C)C.CNCCCC[C@H](NC(=O)N[C@@H](CCC(=O)OC(C)(C)C)C(C)(C)C)C(=O)OC(C)(C)C.Cl.Cl.O=C=O.O=C=O.O=C=O.O=C=O.[2H]SC. The Morgan fingerprint density at radius 3 is 1.02 bits per heavy atom. The number of halogens is 2. The Balaban J connectivity index is -0.000000133. The molecule has 0 bridgehead atoms. The summed E-state index contributed by atoms with van der Waals surface area (Å²) in [5.74, 6) is -2.35. The first-order valence-electron chi connectivity index (χ1n) is 32.8. The second-order valence-corrected chi connectivity index (χ2v) is 30.5. The number of thiol groups is 1. The number of carbonyl (C=O) groups is 8. The van der Waals surface area contributed by atoms with Gasteiger partial charge in [-0.2, -0.15) is 50.9 Å². The maximum atomic E-state index is 12.8. The van der Waals surface area contributed by atoms with Crippen molar-refractivity contribution < 1.29 is 100 Å². The third-order valence-electron chi connectivity index (χ3n) is 12.6. The predicted molar refractivity (Wildman–Crippen MR) is 384 cm³/mol. The smallest absolute Gasteiger partial charge is 0.432 e. The van der Waals surface area contributed by atoms with E-state index < -0.39 is 64.4 Å². The number of carbonyl (C=O) groups excluding carboxylic acids is 16. The van der Waals surface area contributed by atoms with Gasteiger partial charge in [0.05, 0.1) is 0 Å². The lowest BCUT2D eigenvalue weighted by molar-refractivity contribution is -0.193. The highest BCUT2D eigenvalue weighted by Crippen LogP contribution is 2.27. The van der Waals surface area contributed by atoms with Crippen molar-refractivity contribution in [2.24, 2.45) is 33.1 Å². The summed E-state index contributed by atoms with van der Waals surface area (Å²) in [5, 5.41) is 15.1. The molecule has 1 aliphatic heterocycles. The van der Waals surface area contributed by atoms with Crippen molar-refractivity contribution in [1.82, 2.24) is 31.6 Å². The molecule has 0 radical (unpaired) electrons. The Morgan fingerprint density at radius 2 is 0.740 bits per heavy atom. The van der Waals surface area contributed by atoms with Crippen molar-refractivity contribution in [3.8, 4) is 0 Å². The van der Waals surface area contributed by atoms with Crippen LogP contribution in [-0.4, -0.2) is 165 Å². The number of unbranched alkanes of at least 4 members (excludes halogenated alkanes) is 2. The van der Waals surface area contributed by atoms with Crippen molar-refractivity contribution in [1.29, 1.82) is 1.12 Å². The highest BCUT2D eigenvalue weighted by atomic mass is 35.5. The Kier molecular flexibility index (Phi) is 67.9. The van der Waals surface area contributed by atoms with E-state index in [2.05, 4.69) is 68.1 Å². The molecule has 1 heterocycles. The quantitative estimate of drug-likeness (QED) is 0.0146. The van der Waals surface area contributed by atoms with Gasteiger partial charge in [-0.1, -0.05) is 89.5 Å². The van der Waals surface area contributed by atoms with E-state index in [0.717, 1.165) is 44.9 Å². The van der Waals surface area contributed by atoms with Crippen LogP contribution in [0.1, 0.15) is 256 Å². The molecule has 1 aliphatic rings. The summed E-state index contributed by atoms with van der Waals surface area (Å²) >= 11 is 1.000. The molecule has 5 amide bonds. The zero-order valence-electron chi connectivity index (χ0n) is 66.1. The number of esters is 4. The molecule has 0 aromatic heterocycles. The van der Waals surface area contributed by atoms with Crippen LogP contribution < -0.4 is 38.1 Å². The normalized spacial score (nSPS) is 13.2. The second-order valence-electron chi connectivity index (χ2n) is 30.5. The van der Waals surface area contributed by atoms with E-state index >= 15 is 0 Å². The molecule has 0 saturated carbocycles. The standard InChI is InChI=1S/C24H47N3O5.C17H28N2O6.C12H25NO2.C10H24N2.4CO2.CH4S.2ClH/c1-22(2,3)18(14-15-19(28)31-23(4,5)6)27-21(30)26-17(13-11-12-16-25-10)20(29)32-24(7,8)9;1-16(2,3)11(7-10-14(22)24-17(4,5)6)18-15(23)25-19-12(20)8-9-13(19)21;1-11(2,3)9(13)7-8-10(14)15-12(4,5)6;1-10(2,3)9(11)7-5-6-8-12-4;4*2-1-3;1-2;;/h17-18,25H,11-16H2,1-10H3,(H2,26,27,30);11H,7-10H2,1-6H3,(H,18,23);9H,7-8,13H2,1-6H3;9,12H,5-8,11H2,1-4H3;;;;;2H,1H3;2*1H/t17-,18-;11-;2*9-;;;;;;;/m0000......./s1/i/hD. The minimum absolute atomic E-state index is 0. The van der Waals surface area contributed by atoms with Crippen molar-refractivity contribution >= 4 is 110 Å². The van der Waals surface area contributed by atoms with E-state index in [1.54, 1.807) is 47.8 Å². The van der Waals surface area contributed by atoms with Gasteiger partial charge in [-0.25, -0.2) is 14.4 Å². The number of urea groups is 1. The fourth-order valence-electron chi connectivity index (χ4n) is 7.49. The van der Waals surface area contributed by atoms with Gasteiger partial charge in [0, 0.05) is 56.3 Å². The molecule has 1 saturated heterocycles. The molecule has 0 spiro atoms. The minimum Gasteiger partial charge on any atom is -0.460 e. The lowest BCUT2D eigenvalue weighted by Gasteiger charge is -2.32. The summed E-state index contributed by atoms with van der Waals surface area (Å²) in [6, 6.07) is -1.49. The molecule has 0 aromatic rings. The first kappa shape index (κ1) is 112. The topological polar surface area (TPSA) is 435 Å².